The summed E-state index contributed by atoms with van der Waals surface area (Å²) in [5.74, 6) is 0.0939. The highest BCUT2D eigenvalue weighted by Gasteiger charge is 2.24. The number of hydrogen-bond acceptors (Lipinski definition) is 5. The average Bonchev–Trinajstić information content (AvgIpc) is 2.85. The topological polar surface area (TPSA) is 72.5 Å². The molecule has 1 N–H and O–H groups in total. The lowest BCUT2D eigenvalue weighted by molar-refractivity contribution is -0.391. The second-order valence-corrected chi connectivity index (χ2v) is 5.13. The van der Waals surface area contributed by atoms with Gasteiger partial charge in [-0.3, -0.25) is 0 Å². The minimum atomic E-state index is -0.353. The molecule has 2 aromatic rings. The fourth-order valence-electron chi connectivity index (χ4n) is 1.90. The van der Waals surface area contributed by atoms with Crippen molar-refractivity contribution in [3.05, 3.63) is 27.4 Å². The normalized spacial score (nSPS) is 13.0. The van der Waals surface area contributed by atoms with Gasteiger partial charge in [-0.2, -0.15) is 9.38 Å². The quantitative estimate of drug-likeness (QED) is 0.644. The summed E-state index contributed by atoms with van der Waals surface area (Å²) >= 11 is 1.41. The molecule has 98 valence electrons. The molecule has 0 saturated heterocycles. The van der Waals surface area contributed by atoms with Gasteiger partial charge < -0.3 is 15.4 Å². The number of thiazole rings is 1. The second kappa shape index (κ2) is 5.45. The SMILES string of the molecule is CCCNC(C)Cc1nc2sccn2c1[N+](=O)[O-]. The van der Waals surface area contributed by atoms with Gasteiger partial charge in [-0.25, -0.2) is 0 Å². The maximum Gasteiger partial charge on any atom is 0.351 e. The Balaban J connectivity index is 2.24. The molecule has 2 heterocycles. The zero-order valence-electron chi connectivity index (χ0n) is 10.4. The molecule has 0 saturated carbocycles. The average molecular weight is 268 g/mol. The van der Waals surface area contributed by atoms with E-state index in [1.165, 1.54) is 11.3 Å². The van der Waals surface area contributed by atoms with Gasteiger partial charge in [-0.1, -0.05) is 18.3 Å². The van der Waals surface area contributed by atoms with Gasteiger partial charge in [0.25, 0.3) is 4.96 Å². The maximum atomic E-state index is 11.1. The Bertz CT molecular complexity index is 548. The van der Waals surface area contributed by atoms with E-state index < -0.39 is 0 Å². The number of hydrogen-bond donors (Lipinski definition) is 1. The van der Waals surface area contributed by atoms with Crippen molar-refractivity contribution in [2.24, 2.45) is 0 Å². The number of nitrogens with zero attached hydrogens (tertiary/aromatic N) is 3. The lowest BCUT2D eigenvalue weighted by Crippen LogP contribution is -2.29. The Hall–Kier alpha value is -1.47. The molecule has 0 spiro atoms. The molecule has 0 radical (unpaired) electrons. The van der Waals surface area contributed by atoms with E-state index in [-0.39, 0.29) is 16.8 Å². The van der Waals surface area contributed by atoms with Crippen LogP contribution in [0.5, 0.6) is 0 Å². The molecule has 0 aromatic carbocycles. The van der Waals surface area contributed by atoms with Crippen LogP contribution in [0, 0.1) is 10.1 Å². The standard InChI is InChI=1S/C11H16N4O2S/c1-3-4-12-8(2)7-9-10(15(16)17)14-5-6-18-11(14)13-9/h5-6,8,12H,3-4,7H2,1-2H3. The number of aromatic nitrogens is 2. The van der Waals surface area contributed by atoms with E-state index in [4.69, 9.17) is 0 Å². The van der Waals surface area contributed by atoms with Gasteiger partial charge in [-0.15, -0.1) is 0 Å². The summed E-state index contributed by atoms with van der Waals surface area (Å²) in [4.78, 5) is 15.8. The molecule has 0 amide bonds. The number of imidazole rings is 1. The lowest BCUT2D eigenvalue weighted by Gasteiger charge is -2.10. The maximum absolute atomic E-state index is 11.1. The molecule has 7 heteroatoms. The first kappa shape index (κ1) is 13.0. The van der Waals surface area contributed by atoms with E-state index in [1.807, 2.05) is 6.92 Å². The summed E-state index contributed by atoms with van der Waals surface area (Å²) in [5.41, 5.74) is 0.558. The van der Waals surface area contributed by atoms with Crippen LogP contribution in [-0.4, -0.2) is 26.9 Å². The third-order valence-corrected chi connectivity index (χ3v) is 3.48. The van der Waals surface area contributed by atoms with Gasteiger partial charge in [-0.05, 0) is 24.8 Å². The van der Waals surface area contributed by atoms with E-state index >= 15 is 0 Å². The molecule has 6 nitrogen and oxygen atoms in total. The number of nitro groups is 1. The van der Waals surface area contributed by atoms with Gasteiger partial charge in [0.2, 0.25) is 0 Å². The molecule has 0 aliphatic heterocycles. The zero-order chi connectivity index (χ0) is 13.1. The Morgan fingerprint density at radius 3 is 3.11 bits per heavy atom. The van der Waals surface area contributed by atoms with Gasteiger partial charge in [0.05, 0.1) is 0 Å². The third-order valence-electron chi connectivity index (χ3n) is 2.72. The van der Waals surface area contributed by atoms with Crippen molar-refractivity contribution in [1.82, 2.24) is 14.7 Å². The molecule has 18 heavy (non-hydrogen) atoms. The molecule has 0 aliphatic rings. The smallest absolute Gasteiger partial charge is 0.351 e. The van der Waals surface area contributed by atoms with Gasteiger partial charge in [0.15, 0.2) is 0 Å². The Morgan fingerprint density at radius 2 is 2.44 bits per heavy atom. The zero-order valence-corrected chi connectivity index (χ0v) is 11.2. The van der Waals surface area contributed by atoms with Crippen molar-refractivity contribution in [3.8, 4) is 0 Å². The van der Waals surface area contributed by atoms with Crippen molar-refractivity contribution in [3.63, 3.8) is 0 Å². The number of rotatable bonds is 6. The Labute approximate surface area is 109 Å². The molecule has 0 fully saturated rings. The van der Waals surface area contributed by atoms with Crippen LogP contribution in [0.25, 0.3) is 4.96 Å². The van der Waals surface area contributed by atoms with Crippen molar-refractivity contribution >= 4 is 22.1 Å². The van der Waals surface area contributed by atoms with Crippen LogP contribution in [0.1, 0.15) is 26.0 Å². The van der Waals surface area contributed by atoms with Crippen LogP contribution in [0.15, 0.2) is 11.6 Å². The third kappa shape index (κ3) is 2.51. The molecule has 0 bridgehead atoms. The number of nitrogens with one attached hydrogen (secondary N) is 1. The van der Waals surface area contributed by atoms with Crippen LogP contribution >= 0.6 is 11.3 Å². The molecule has 2 aromatic heterocycles. The summed E-state index contributed by atoms with van der Waals surface area (Å²) in [6, 6.07) is 0.188. The van der Waals surface area contributed by atoms with Crippen LogP contribution in [0.3, 0.4) is 0 Å². The highest BCUT2D eigenvalue weighted by atomic mass is 32.1. The first-order valence-electron chi connectivity index (χ1n) is 5.95. The largest absolute Gasteiger partial charge is 0.358 e. The van der Waals surface area contributed by atoms with Crippen LogP contribution in [0.4, 0.5) is 5.82 Å². The summed E-state index contributed by atoms with van der Waals surface area (Å²) < 4.78 is 1.55. The Morgan fingerprint density at radius 1 is 1.67 bits per heavy atom. The van der Waals surface area contributed by atoms with E-state index in [0.29, 0.717) is 17.1 Å². The van der Waals surface area contributed by atoms with Gasteiger partial charge in [0.1, 0.15) is 11.9 Å². The molecular formula is C11H16N4O2S. The van der Waals surface area contributed by atoms with E-state index in [0.717, 1.165) is 13.0 Å². The van der Waals surface area contributed by atoms with Crippen LogP contribution in [0.2, 0.25) is 0 Å². The summed E-state index contributed by atoms with van der Waals surface area (Å²) in [6.07, 6.45) is 3.31. The van der Waals surface area contributed by atoms with Crippen LogP contribution in [-0.2, 0) is 6.42 Å². The van der Waals surface area contributed by atoms with E-state index in [9.17, 15) is 10.1 Å². The predicted octanol–water partition coefficient (Wildman–Crippen LogP) is 2.23. The van der Waals surface area contributed by atoms with E-state index in [2.05, 4.69) is 17.2 Å². The minimum absolute atomic E-state index is 0.0939. The summed E-state index contributed by atoms with van der Waals surface area (Å²) in [5, 5.41) is 16.2. The van der Waals surface area contributed by atoms with Crippen molar-refractivity contribution in [2.45, 2.75) is 32.7 Å². The monoisotopic (exact) mass is 268 g/mol. The number of fused-ring (bicyclic) bond motifs is 1. The van der Waals surface area contributed by atoms with Crippen molar-refractivity contribution in [2.75, 3.05) is 6.54 Å². The van der Waals surface area contributed by atoms with E-state index in [1.54, 1.807) is 16.0 Å². The predicted molar refractivity (Wildman–Crippen MR) is 71.2 cm³/mol. The molecule has 0 aliphatic carbocycles. The molecular weight excluding hydrogens is 252 g/mol. The summed E-state index contributed by atoms with van der Waals surface area (Å²) in [6.45, 7) is 5.03. The lowest BCUT2D eigenvalue weighted by atomic mass is 10.2. The Kier molecular flexibility index (Phi) is 3.93. The summed E-state index contributed by atoms with van der Waals surface area (Å²) in [7, 11) is 0. The highest BCUT2D eigenvalue weighted by molar-refractivity contribution is 7.15. The fourth-order valence-corrected chi connectivity index (χ4v) is 2.63. The first-order valence-corrected chi connectivity index (χ1v) is 6.83. The first-order chi connectivity index (χ1) is 8.63. The van der Waals surface area contributed by atoms with Crippen molar-refractivity contribution in [1.29, 1.82) is 0 Å². The second-order valence-electron chi connectivity index (χ2n) is 4.25. The highest BCUT2D eigenvalue weighted by Crippen LogP contribution is 2.24. The van der Waals surface area contributed by atoms with Crippen molar-refractivity contribution < 1.29 is 4.92 Å². The molecule has 2 rings (SSSR count). The van der Waals surface area contributed by atoms with Gasteiger partial charge in [0, 0.05) is 17.8 Å². The molecule has 1 unspecified atom stereocenters. The molecule has 1 atom stereocenters. The van der Waals surface area contributed by atoms with Gasteiger partial charge >= 0.3 is 5.82 Å². The van der Waals surface area contributed by atoms with Crippen LogP contribution < -0.4 is 5.32 Å². The fraction of sp³-hybridized carbons (Fsp3) is 0.545. The minimum Gasteiger partial charge on any atom is -0.358 e.